The molecule has 3 rings (SSSR count). The number of hydrogen-bond acceptors (Lipinski definition) is 3. The zero-order valence-corrected chi connectivity index (χ0v) is 13.0. The van der Waals surface area contributed by atoms with Gasteiger partial charge in [0.1, 0.15) is 0 Å². The van der Waals surface area contributed by atoms with E-state index in [-0.39, 0.29) is 0 Å². The molecule has 0 saturated heterocycles. The van der Waals surface area contributed by atoms with E-state index < -0.39 is 0 Å². The highest BCUT2D eigenvalue weighted by Crippen LogP contribution is 2.25. The van der Waals surface area contributed by atoms with Crippen LogP contribution in [0.25, 0.3) is 10.9 Å². The highest BCUT2D eigenvalue weighted by atomic mass is 79.9. The van der Waals surface area contributed by atoms with E-state index in [4.69, 9.17) is 0 Å². The molecule has 0 aliphatic heterocycles. The van der Waals surface area contributed by atoms with E-state index in [0.717, 1.165) is 27.6 Å². The Balaban J connectivity index is 1.89. The van der Waals surface area contributed by atoms with Crippen LogP contribution in [0, 0.1) is 6.92 Å². The number of anilines is 1. The Kier molecular flexibility index (Phi) is 3.44. The van der Waals surface area contributed by atoms with Gasteiger partial charge in [0.2, 0.25) is 0 Å². The lowest BCUT2D eigenvalue weighted by Gasteiger charge is -2.09. The standard InChI is InChI=1S/C15H15BrN4/c1-10-11(9-19-20(10)2)8-18-14-5-6-17-15-7-12(16)3-4-13(14)15/h3-7,9H,8H2,1-2H3,(H,17,18). The number of hydrogen-bond donors (Lipinski definition) is 1. The maximum atomic E-state index is 4.39. The van der Waals surface area contributed by atoms with Crippen LogP contribution in [-0.4, -0.2) is 14.8 Å². The molecule has 0 bridgehead atoms. The maximum Gasteiger partial charge on any atom is 0.0733 e. The highest BCUT2D eigenvalue weighted by molar-refractivity contribution is 9.10. The summed E-state index contributed by atoms with van der Waals surface area (Å²) in [5, 5.41) is 8.85. The molecule has 0 unspecified atom stereocenters. The first-order valence-electron chi connectivity index (χ1n) is 6.41. The van der Waals surface area contributed by atoms with Crippen molar-refractivity contribution in [3.8, 4) is 0 Å². The topological polar surface area (TPSA) is 42.7 Å². The monoisotopic (exact) mass is 330 g/mol. The first-order valence-corrected chi connectivity index (χ1v) is 7.20. The summed E-state index contributed by atoms with van der Waals surface area (Å²) < 4.78 is 2.93. The summed E-state index contributed by atoms with van der Waals surface area (Å²) in [6.45, 7) is 2.83. The Hall–Kier alpha value is -1.88. The molecule has 0 radical (unpaired) electrons. The number of benzene rings is 1. The van der Waals surface area contributed by atoms with Crippen molar-refractivity contribution in [2.45, 2.75) is 13.5 Å². The highest BCUT2D eigenvalue weighted by Gasteiger charge is 2.06. The molecule has 0 saturated carbocycles. The van der Waals surface area contributed by atoms with Gasteiger partial charge in [0, 0.05) is 46.6 Å². The molecule has 0 fully saturated rings. The lowest BCUT2D eigenvalue weighted by molar-refractivity contribution is 0.738. The second-order valence-electron chi connectivity index (χ2n) is 4.75. The van der Waals surface area contributed by atoms with Gasteiger partial charge in [-0.25, -0.2) is 0 Å². The number of pyridine rings is 1. The van der Waals surface area contributed by atoms with E-state index >= 15 is 0 Å². The van der Waals surface area contributed by atoms with Crippen molar-refractivity contribution in [3.63, 3.8) is 0 Å². The molecule has 2 aromatic heterocycles. The molecule has 3 aromatic rings. The number of aryl methyl sites for hydroxylation is 1. The van der Waals surface area contributed by atoms with Gasteiger partial charge in [0.15, 0.2) is 0 Å². The van der Waals surface area contributed by atoms with Crippen LogP contribution in [0.1, 0.15) is 11.3 Å². The molecular formula is C15H15BrN4. The van der Waals surface area contributed by atoms with Gasteiger partial charge < -0.3 is 5.32 Å². The minimum Gasteiger partial charge on any atom is -0.380 e. The van der Waals surface area contributed by atoms with Crippen molar-refractivity contribution in [3.05, 3.63) is 52.4 Å². The first-order chi connectivity index (χ1) is 9.65. The fourth-order valence-electron chi connectivity index (χ4n) is 2.18. The Morgan fingerprint density at radius 2 is 2.15 bits per heavy atom. The molecule has 0 spiro atoms. The second kappa shape index (κ2) is 5.25. The summed E-state index contributed by atoms with van der Waals surface area (Å²) in [5.74, 6) is 0. The SMILES string of the molecule is Cc1c(CNc2ccnc3cc(Br)ccc23)cnn1C. The van der Waals surface area contributed by atoms with E-state index in [9.17, 15) is 0 Å². The van der Waals surface area contributed by atoms with E-state index in [1.165, 1.54) is 11.3 Å². The minimum absolute atomic E-state index is 0.759. The van der Waals surface area contributed by atoms with Crippen molar-refractivity contribution in [1.29, 1.82) is 0 Å². The number of nitrogens with zero attached hydrogens (tertiary/aromatic N) is 3. The number of rotatable bonds is 3. The van der Waals surface area contributed by atoms with Crippen LogP contribution >= 0.6 is 15.9 Å². The van der Waals surface area contributed by atoms with Gasteiger partial charge in [0.05, 0.1) is 11.7 Å². The van der Waals surface area contributed by atoms with Gasteiger partial charge in [-0.1, -0.05) is 15.9 Å². The van der Waals surface area contributed by atoms with Crippen LogP contribution in [0.4, 0.5) is 5.69 Å². The van der Waals surface area contributed by atoms with Crippen LogP contribution in [-0.2, 0) is 13.6 Å². The Labute approximate surface area is 126 Å². The molecule has 1 aromatic carbocycles. The predicted octanol–water partition coefficient (Wildman–Crippen LogP) is 3.65. The maximum absolute atomic E-state index is 4.39. The molecule has 20 heavy (non-hydrogen) atoms. The first kappa shape index (κ1) is 13.1. The third kappa shape index (κ3) is 2.41. The Morgan fingerprint density at radius 1 is 1.30 bits per heavy atom. The van der Waals surface area contributed by atoms with Crippen LogP contribution in [0.5, 0.6) is 0 Å². The van der Waals surface area contributed by atoms with Gasteiger partial charge in [-0.05, 0) is 31.2 Å². The van der Waals surface area contributed by atoms with Crippen molar-refractivity contribution < 1.29 is 0 Å². The molecule has 0 aliphatic rings. The minimum atomic E-state index is 0.759. The largest absolute Gasteiger partial charge is 0.380 e. The number of aromatic nitrogens is 3. The summed E-state index contributed by atoms with van der Waals surface area (Å²) in [5.41, 5.74) is 4.45. The molecule has 1 N–H and O–H groups in total. The van der Waals surface area contributed by atoms with Gasteiger partial charge in [-0.3, -0.25) is 9.67 Å². The fraction of sp³-hybridized carbons (Fsp3) is 0.200. The van der Waals surface area contributed by atoms with E-state index in [1.807, 2.05) is 42.3 Å². The lowest BCUT2D eigenvalue weighted by Crippen LogP contribution is -2.02. The molecule has 0 aliphatic carbocycles. The molecule has 2 heterocycles. The van der Waals surface area contributed by atoms with Crippen molar-refractivity contribution in [2.75, 3.05) is 5.32 Å². The number of fused-ring (bicyclic) bond motifs is 1. The zero-order valence-electron chi connectivity index (χ0n) is 11.4. The zero-order chi connectivity index (χ0) is 14.1. The van der Waals surface area contributed by atoms with Gasteiger partial charge in [0.25, 0.3) is 0 Å². The summed E-state index contributed by atoms with van der Waals surface area (Å²) in [4.78, 5) is 4.39. The fourth-order valence-corrected chi connectivity index (χ4v) is 2.53. The molecule has 4 nitrogen and oxygen atoms in total. The third-order valence-electron chi connectivity index (χ3n) is 3.51. The smallest absolute Gasteiger partial charge is 0.0733 e. The molecule has 102 valence electrons. The molecular weight excluding hydrogens is 316 g/mol. The van der Waals surface area contributed by atoms with Gasteiger partial charge in [-0.2, -0.15) is 5.10 Å². The molecule has 0 amide bonds. The van der Waals surface area contributed by atoms with Crippen LogP contribution in [0.15, 0.2) is 41.1 Å². The van der Waals surface area contributed by atoms with Crippen LogP contribution in [0.3, 0.4) is 0 Å². The summed E-state index contributed by atoms with van der Waals surface area (Å²) >= 11 is 3.47. The number of nitrogens with one attached hydrogen (secondary N) is 1. The molecule has 5 heteroatoms. The predicted molar refractivity (Wildman–Crippen MR) is 84.7 cm³/mol. The Bertz CT molecular complexity index is 764. The van der Waals surface area contributed by atoms with Crippen molar-refractivity contribution >= 4 is 32.5 Å². The third-order valence-corrected chi connectivity index (χ3v) is 4.00. The van der Waals surface area contributed by atoms with Gasteiger partial charge >= 0.3 is 0 Å². The lowest BCUT2D eigenvalue weighted by atomic mass is 10.2. The van der Waals surface area contributed by atoms with Crippen LogP contribution < -0.4 is 5.32 Å². The quantitative estimate of drug-likeness (QED) is 0.797. The van der Waals surface area contributed by atoms with E-state index in [1.54, 1.807) is 0 Å². The van der Waals surface area contributed by atoms with Crippen LogP contribution in [0.2, 0.25) is 0 Å². The summed E-state index contributed by atoms with van der Waals surface area (Å²) in [7, 11) is 1.96. The number of halogens is 1. The van der Waals surface area contributed by atoms with Gasteiger partial charge in [-0.15, -0.1) is 0 Å². The average Bonchev–Trinajstić information content (AvgIpc) is 2.76. The summed E-state index contributed by atoms with van der Waals surface area (Å²) in [6.07, 6.45) is 3.73. The average molecular weight is 331 g/mol. The van der Waals surface area contributed by atoms with E-state index in [2.05, 4.69) is 44.3 Å². The summed E-state index contributed by atoms with van der Waals surface area (Å²) in [6, 6.07) is 8.13. The molecule has 0 atom stereocenters. The second-order valence-corrected chi connectivity index (χ2v) is 5.67. The van der Waals surface area contributed by atoms with Crippen molar-refractivity contribution in [2.24, 2.45) is 7.05 Å². The normalized spacial score (nSPS) is 10.9. The van der Waals surface area contributed by atoms with Crippen molar-refractivity contribution in [1.82, 2.24) is 14.8 Å². The Morgan fingerprint density at radius 3 is 2.90 bits per heavy atom. The van der Waals surface area contributed by atoms with E-state index in [0.29, 0.717) is 0 Å².